The van der Waals surface area contributed by atoms with Crippen LogP contribution in [0.25, 0.3) is 16.7 Å². The van der Waals surface area contributed by atoms with Crippen LogP contribution in [-0.4, -0.2) is 35.3 Å². The number of aromatic nitrogens is 2. The molecule has 0 atom stereocenters. The third-order valence-electron chi connectivity index (χ3n) is 6.76. The van der Waals surface area contributed by atoms with E-state index in [1.165, 1.54) is 5.69 Å². The van der Waals surface area contributed by atoms with Crippen LogP contribution in [0.15, 0.2) is 96.3 Å². The van der Waals surface area contributed by atoms with Gasteiger partial charge in [-0.3, -0.25) is 4.79 Å². The summed E-state index contributed by atoms with van der Waals surface area (Å²) in [5.74, 6) is 1.54. The number of amides is 1. The second-order valence-electron chi connectivity index (χ2n) is 10.1. The minimum absolute atomic E-state index is 0.151. The van der Waals surface area contributed by atoms with E-state index in [2.05, 4.69) is 53.0 Å². The largest absolute Gasteiger partial charge is 0.491 e. The molecule has 0 aliphatic rings. The van der Waals surface area contributed by atoms with Crippen molar-refractivity contribution in [3.8, 4) is 16.9 Å². The van der Waals surface area contributed by atoms with Gasteiger partial charge in [-0.25, -0.2) is 4.98 Å². The van der Waals surface area contributed by atoms with Gasteiger partial charge >= 0.3 is 0 Å². The fourth-order valence-electron chi connectivity index (χ4n) is 4.42. The van der Waals surface area contributed by atoms with E-state index < -0.39 is 0 Å². The van der Waals surface area contributed by atoms with Gasteiger partial charge in [0.2, 0.25) is 5.91 Å². The van der Waals surface area contributed by atoms with Crippen LogP contribution in [0.2, 0.25) is 0 Å². The lowest BCUT2D eigenvalue weighted by Gasteiger charge is -2.10. The summed E-state index contributed by atoms with van der Waals surface area (Å²) in [4.78, 5) is 18.2. The molecule has 6 nitrogen and oxygen atoms in total. The van der Waals surface area contributed by atoms with Crippen molar-refractivity contribution < 1.29 is 14.3 Å². The summed E-state index contributed by atoms with van der Waals surface area (Å²) in [6.07, 6.45) is 8.77. The Labute approximate surface area is 254 Å². The molecule has 0 aliphatic carbocycles. The highest BCUT2D eigenvalue weighted by atomic mass is 32.2. The van der Waals surface area contributed by atoms with E-state index >= 15 is 0 Å². The predicted octanol–water partition coefficient (Wildman–Crippen LogP) is 8.49. The second-order valence-corrected chi connectivity index (χ2v) is 11.2. The molecule has 0 aliphatic heterocycles. The number of rotatable bonds is 16. The van der Waals surface area contributed by atoms with Crippen molar-refractivity contribution in [1.82, 2.24) is 9.55 Å². The van der Waals surface area contributed by atoms with Crippen molar-refractivity contribution in [1.29, 1.82) is 0 Å². The van der Waals surface area contributed by atoms with Crippen LogP contribution in [0, 0.1) is 0 Å². The van der Waals surface area contributed by atoms with Gasteiger partial charge in [0.25, 0.3) is 0 Å². The Balaban J connectivity index is 1.29. The third-order valence-corrected chi connectivity index (χ3v) is 7.81. The Bertz CT molecular complexity index is 1430. The first-order chi connectivity index (χ1) is 20.6. The van der Waals surface area contributed by atoms with Gasteiger partial charge in [0.1, 0.15) is 12.4 Å². The van der Waals surface area contributed by atoms with Crippen molar-refractivity contribution in [3.05, 3.63) is 103 Å². The van der Waals surface area contributed by atoms with Gasteiger partial charge in [-0.05, 0) is 84.5 Å². The number of nitrogens with zero attached hydrogens (tertiary/aromatic N) is 2. The maximum atomic E-state index is 12.8. The molecule has 4 aromatic rings. The van der Waals surface area contributed by atoms with Crippen molar-refractivity contribution in [2.75, 3.05) is 25.1 Å². The number of allylic oxidation sites excluding steroid dienone is 1. The number of carbonyl (C=O) groups is 1. The molecule has 7 heteroatoms. The Kier molecular flexibility index (Phi) is 12.3. The fraction of sp³-hybridized carbons (Fsp3) is 0.314. The number of anilines is 1. The standard InChI is InChI=1S/C35H41N3O3S/c1-4-6-19-40-20-21-41-33-14-10-28(11-15-33)30-9-7-8-29(23-30)27(3)22-35(39)37-31-12-16-34(17-13-31)42-25-32-24-36-26-38(32)18-5-2/h7-17,22-24,26H,4-6,18-21,25H2,1-3H3,(H,37,39)/b27-22+. The number of unbranched alkanes of at least 4 members (excludes halogenated alkanes) is 1. The first-order valence-corrected chi connectivity index (χ1v) is 15.7. The van der Waals surface area contributed by atoms with Gasteiger partial charge in [-0.1, -0.05) is 50.6 Å². The van der Waals surface area contributed by atoms with Gasteiger partial charge in [0.05, 0.1) is 12.9 Å². The van der Waals surface area contributed by atoms with Crippen LogP contribution in [0.4, 0.5) is 5.69 Å². The summed E-state index contributed by atoms with van der Waals surface area (Å²) in [6, 6.07) is 24.3. The number of nitrogens with one attached hydrogen (secondary N) is 1. The van der Waals surface area contributed by atoms with E-state index in [1.54, 1.807) is 17.8 Å². The molecule has 1 aromatic heterocycles. The smallest absolute Gasteiger partial charge is 0.248 e. The summed E-state index contributed by atoms with van der Waals surface area (Å²) in [7, 11) is 0. The van der Waals surface area contributed by atoms with Crippen LogP contribution in [-0.2, 0) is 21.8 Å². The lowest BCUT2D eigenvalue weighted by atomic mass is 9.99. The zero-order chi connectivity index (χ0) is 29.6. The summed E-state index contributed by atoms with van der Waals surface area (Å²) in [5.41, 5.74) is 6.06. The van der Waals surface area contributed by atoms with Crippen LogP contribution < -0.4 is 10.1 Å². The summed E-state index contributed by atoms with van der Waals surface area (Å²) in [6.45, 7) is 9.18. The van der Waals surface area contributed by atoms with E-state index in [4.69, 9.17) is 9.47 Å². The number of hydrogen-bond donors (Lipinski definition) is 1. The first kappa shape index (κ1) is 31.1. The monoisotopic (exact) mass is 583 g/mol. The van der Waals surface area contributed by atoms with Crippen LogP contribution in [0.1, 0.15) is 51.3 Å². The Morgan fingerprint density at radius 3 is 2.52 bits per heavy atom. The minimum atomic E-state index is -0.151. The molecule has 0 fully saturated rings. The summed E-state index contributed by atoms with van der Waals surface area (Å²) >= 11 is 1.76. The summed E-state index contributed by atoms with van der Waals surface area (Å²) in [5, 5.41) is 2.99. The molecular formula is C35H41N3O3S. The van der Waals surface area contributed by atoms with E-state index in [0.717, 1.165) is 76.8 Å². The van der Waals surface area contributed by atoms with E-state index in [0.29, 0.717) is 13.2 Å². The van der Waals surface area contributed by atoms with Crippen LogP contribution in [0.5, 0.6) is 5.75 Å². The molecule has 0 saturated carbocycles. The van der Waals surface area contributed by atoms with E-state index in [9.17, 15) is 4.79 Å². The molecule has 1 heterocycles. The zero-order valence-electron chi connectivity index (χ0n) is 24.8. The number of thioether (sulfide) groups is 1. The average Bonchev–Trinajstić information content (AvgIpc) is 3.46. The lowest BCUT2D eigenvalue weighted by Crippen LogP contribution is -2.08. The maximum absolute atomic E-state index is 12.8. The van der Waals surface area contributed by atoms with E-state index in [1.807, 2.05) is 68.0 Å². The third kappa shape index (κ3) is 9.64. The number of imidazole rings is 1. The minimum Gasteiger partial charge on any atom is -0.491 e. The molecule has 42 heavy (non-hydrogen) atoms. The van der Waals surface area contributed by atoms with Crippen molar-refractivity contribution in [2.24, 2.45) is 0 Å². The molecule has 1 N–H and O–H groups in total. The molecule has 0 radical (unpaired) electrons. The molecule has 0 bridgehead atoms. The Morgan fingerprint density at radius 2 is 1.76 bits per heavy atom. The number of benzene rings is 3. The maximum Gasteiger partial charge on any atom is 0.248 e. The molecule has 220 valence electrons. The quantitative estimate of drug-likeness (QED) is 0.0814. The fourth-order valence-corrected chi connectivity index (χ4v) is 5.30. The van der Waals surface area contributed by atoms with E-state index in [-0.39, 0.29) is 5.91 Å². The Morgan fingerprint density at radius 1 is 0.952 bits per heavy atom. The molecule has 0 unspecified atom stereocenters. The van der Waals surface area contributed by atoms with Crippen molar-refractivity contribution in [3.63, 3.8) is 0 Å². The summed E-state index contributed by atoms with van der Waals surface area (Å²) < 4.78 is 13.6. The van der Waals surface area contributed by atoms with Gasteiger partial charge in [-0.15, -0.1) is 11.8 Å². The highest BCUT2D eigenvalue weighted by Gasteiger charge is 2.07. The molecule has 4 rings (SSSR count). The van der Waals surface area contributed by atoms with Crippen molar-refractivity contribution in [2.45, 2.75) is 57.2 Å². The highest BCUT2D eigenvalue weighted by Crippen LogP contribution is 2.27. The van der Waals surface area contributed by atoms with Gasteiger partial charge in [0.15, 0.2) is 0 Å². The predicted molar refractivity (Wildman–Crippen MR) is 174 cm³/mol. The average molecular weight is 584 g/mol. The van der Waals surface area contributed by atoms with Gasteiger partial charge < -0.3 is 19.4 Å². The van der Waals surface area contributed by atoms with Crippen molar-refractivity contribution >= 4 is 28.9 Å². The molecule has 3 aromatic carbocycles. The SMILES string of the molecule is CCCCOCCOc1ccc(-c2cccc(/C(C)=C/C(=O)Nc3ccc(SCc4cncn4CCC)cc3)c2)cc1. The Hall–Kier alpha value is -3.81. The van der Waals surface area contributed by atoms with Crippen LogP contribution in [0.3, 0.4) is 0 Å². The van der Waals surface area contributed by atoms with Crippen LogP contribution >= 0.6 is 11.8 Å². The molecular weight excluding hydrogens is 542 g/mol. The van der Waals surface area contributed by atoms with Gasteiger partial charge in [-0.2, -0.15) is 0 Å². The molecule has 1 amide bonds. The lowest BCUT2D eigenvalue weighted by molar-refractivity contribution is -0.111. The number of aryl methyl sites for hydroxylation is 1. The highest BCUT2D eigenvalue weighted by molar-refractivity contribution is 7.98. The number of carbonyl (C=O) groups excluding carboxylic acids is 1. The van der Waals surface area contributed by atoms with Gasteiger partial charge in [0, 0.05) is 47.5 Å². The number of ether oxygens (including phenoxy) is 2. The molecule has 0 spiro atoms. The number of hydrogen-bond acceptors (Lipinski definition) is 5. The first-order valence-electron chi connectivity index (χ1n) is 14.7. The normalized spacial score (nSPS) is 11.5. The second kappa shape index (κ2) is 16.6. The topological polar surface area (TPSA) is 65.4 Å². The zero-order valence-corrected chi connectivity index (χ0v) is 25.7. The molecule has 0 saturated heterocycles.